The van der Waals surface area contributed by atoms with Crippen LogP contribution in [0.2, 0.25) is 0 Å². The minimum absolute atomic E-state index is 0.141. The summed E-state index contributed by atoms with van der Waals surface area (Å²) in [6.07, 6.45) is 0.725. The van der Waals surface area contributed by atoms with Crippen LogP contribution in [-0.2, 0) is 20.8 Å². The Morgan fingerprint density at radius 2 is 2.13 bits per heavy atom. The Morgan fingerprint density at radius 3 is 2.74 bits per heavy atom. The Bertz CT molecular complexity index is 657. The highest BCUT2D eigenvalue weighted by atomic mass is 32.2. The van der Waals surface area contributed by atoms with E-state index < -0.39 is 17.4 Å². The number of carboxylic acids is 1. The predicted octanol–water partition coefficient (Wildman–Crippen LogP) is 1.07. The Labute approximate surface area is 137 Å². The lowest BCUT2D eigenvalue weighted by atomic mass is 10.1. The molecule has 0 aliphatic carbocycles. The van der Waals surface area contributed by atoms with Gasteiger partial charge in [0, 0.05) is 5.75 Å². The molecule has 1 aromatic rings. The SMILES string of the molecule is C=C1CS[C@H]([C@@H](C=O)NC(=O)Cc2ccccc2)N=C1C(=O)O. The largest absolute Gasteiger partial charge is 0.477 e. The third kappa shape index (κ3) is 4.53. The highest BCUT2D eigenvalue weighted by Crippen LogP contribution is 2.25. The molecule has 0 radical (unpaired) electrons. The van der Waals surface area contributed by atoms with Gasteiger partial charge in [0.1, 0.15) is 23.4 Å². The van der Waals surface area contributed by atoms with Crippen LogP contribution in [0.1, 0.15) is 5.56 Å². The number of carbonyl (C=O) groups excluding carboxylic acids is 2. The van der Waals surface area contributed by atoms with Crippen molar-refractivity contribution in [3.63, 3.8) is 0 Å². The maximum atomic E-state index is 12.0. The average molecular weight is 332 g/mol. The highest BCUT2D eigenvalue weighted by Gasteiger charge is 2.29. The summed E-state index contributed by atoms with van der Waals surface area (Å²) < 4.78 is 0. The van der Waals surface area contributed by atoms with Gasteiger partial charge >= 0.3 is 5.97 Å². The van der Waals surface area contributed by atoms with E-state index in [0.29, 0.717) is 17.6 Å². The van der Waals surface area contributed by atoms with Crippen molar-refractivity contribution in [3.05, 3.63) is 48.0 Å². The second-order valence-electron chi connectivity index (χ2n) is 4.98. The summed E-state index contributed by atoms with van der Waals surface area (Å²) in [5.74, 6) is -1.14. The molecule has 23 heavy (non-hydrogen) atoms. The molecule has 6 nitrogen and oxygen atoms in total. The molecule has 0 unspecified atom stereocenters. The highest BCUT2D eigenvalue weighted by molar-refractivity contribution is 8.00. The molecule has 0 saturated carbocycles. The molecule has 1 aliphatic heterocycles. The average Bonchev–Trinajstić information content (AvgIpc) is 2.54. The maximum absolute atomic E-state index is 12.0. The fraction of sp³-hybridized carbons (Fsp3) is 0.250. The van der Waals surface area contributed by atoms with Crippen LogP contribution in [0.15, 0.2) is 47.5 Å². The van der Waals surface area contributed by atoms with E-state index in [2.05, 4.69) is 16.9 Å². The standard InChI is InChI=1S/C16H16N2O4S/c1-10-9-23-15(18-14(10)16(21)22)12(8-19)17-13(20)7-11-5-3-2-4-6-11/h2-6,8,12,15H,1,7,9H2,(H,17,20)(H,21,22)/t12-,15-/m1/s1. The molecule has 120 valence electrons. The number of benzene rings is 1. The van der Waals surface area contributed by atoms with Crippen molar-refractivity contribution in [2.45, 2.75) is 17.8 Å². The Morgan fingerprint density at radius 1 is 1.43 bits per heavy atom. The van der Waals surface area contributed by atoms with Crippen LogP contribution in [0, 0.1) is 0 Å². The molecule has 0 fully saturated rings. The summed E-state index contributed by atoms with van der Waals surface area (Å²) in [5.41, 5.74) is 1.09. The van der Waals surface area contributed by atoms with Gasteiger partial charge in [0.25, 0.3) is 0 Å². The van der Waals surface area contributed by atoms with E-state index in [1.54, 1.807) is 0 Å². The number of amides is 1. The van der Waals surface area contributed by atoms with Crippen LogP contribution in [0.4, 0.5) is 0 Å². The third-order valence-corrected chi connectivity index (χ3v) is 4.47. The number of nitrogens with one attached hydrogen (secondary N) is 1. The molecule has 0 bridgehead atoms. The summed E-state index contributed by atoms with van der Waals surface area (Å²) in [6, 6.07) is 8.25. The first-order valence-corrected chi connectivity index (χ1v) is 7.95. The van der Waals surface area contributed by atoms with Gasteiger partial charge in [-0.1, -0.05) is 36.9 Å². The van der Waals surface area contributed by atoms with Crippen molar-refractivity contribution in [1.29, 1.82) is 0 Å². The molecule has 2 rings (SSSR count). The van der Waals surface area contributed by atoms with Crippen molar-refractivity contribution in [2.24, 2.45) is 4.99 Å². The molecule has 7 heteroatoms. The number of rotatable bonds is 6. The molecule has 2 N–H and O–H groups in total. The molecule has 0 aromatic heterocycles. The van der Waals surface area contributed by atoms with Gasteiger partial charge in [-0.15, -0.1) is 11.8 Å². The van der Waals surface area contributed by atoms with Crippen molar-refractivity contribution in [3.8, 4) is 0 Å². The number of aldehydes is 1. The zero-order chi connectivity index (χ0) is 16.8. The van der Waals surface area contributed by atoms with E-state index in [1.165, 1.54) is 11.8 Å². The minimum Gasteiger partial charge on any atom is -0.477 e. The van der Waals surface area contributed by atoms with Gasteiger partial charge < -0.3 is 15.2 Å². The Kier molecular flexibility index (Phi) is 5.70. The lowest BCUT2D eigenvalue weighted by molar-refractivity contribution is -0.129. The zero-order valence-corrected chi connectivity index (χ0v) is 13.1. The van der Waals surface area contributed by atoms with E-state index in [0.717, 1.165) is 5.56 Å². The number of hydrogen-bond donors (Lipinski definition) is 2. The number of aliphatic carboxylic acids is 1. The fourth-order valence-corrected chi connectivity index (χ4v) is 3.12. The predicted molar refractivity (Wildman–Crippen MR) is 88.6 cm³/mol. The van der Waals surface area contributed by atoms with Crippen molar-refractivity contribution >= 4 is 35.6 Å². The monoisotopic (exact) mass is 332 g/mol. The van der Waals surface area contributed by atoms with E-state index >= 15 is 0 Å². The van der Waals surface area contributed by atoms with Crippen molar-refractivity contribution in [1.82, 2.24) is 5.32 Å². The van der Waals surface area contributed by atoms with Gasteiger partial charge in [0.2, 0.25) is 5.91 Å². The maximum Gasteiger partial charge on any atom is 0.354 e. The molecule has 1 amide bonds. The van der Waals surface area contributed by atoms with E-state index in [1.807, 2.05) is 30.3 Å². The van der Waals surface area contributed by atoms with Crippen molar-refractivity contribution < 1.29 is 19.5 Å². The van der Waals surface area contributed by atoms with Crippen LogP contribution in [0.3, 0.4) is 0 Å². The lowest BCUT2D eigenvalue weighted by Gasteiger charge is -2.25. The van der Waals surface area contributed by atoms with Gasteiger partial charge in [0.05, 0.1) is 6.42 Å². The molecule has 1 heterocycles. The molecular formula is C16H16N2O4S. The van der Waals surface area contributed by atoms with E-state index in [-0.39, 0.29) is 18.0 Å². The number of hydrogen-bond acceptors (Lipinski definition) is 5. The van der Waals surface area contributed by atoms with Crippen LogP contribution >= 0.6 is 11.8 Å². The first-order valence-electron chi connectivity index (χ1n) is 6.90. The summed E-state index contributed by atoms with van der Waals surface area (Å²) in [4.78, 5) is 38.5. The minimum atomic E-state index is -1.18. The second kappa shape index (κ2) is 7.73. The number of carbonyl (C=O) groups is 3. The molecule has 1 aromatic carbocycles. The van der Waals surface area contributed by atoms with Crippen LogP contribution in [0.25, 0.3) is 0 Å². The molecule has 2 atom stereocenters. The van der Waals surface area contributed by atoms with Gasteiger partial charge in [-0.25, -0.2) is 4.79 Å². The first kappa shape index (κ1) is 17.0. The Balaban J connectivity index is 2.05. The van der Waals surface area contributed by atoms with Crippen LogP contribution in [0.5, 0.6) is 0 Å². The number of thioether (sulfide) groups is 1. The third-order valence-electron chi connectivity index (χ3n) is 3.21. The smallest absolute Gasteiger partial charge is 0.354 e. The van der Waals surface area contributed by atoms with E-state index in [4.69, 9.17) is 5.11 Å². The second-order valence-corrected chi connectivity index (χ2v) is 6.08. The normalized spacial score (nSPS) is 18.7. The molecule has 0 saturated heterocycles. The topological polar surface area (TPSA) is 95.8 Å². The summed E-state index contributed by atoms with van der Waals surface area (Å²) in [6.45, 7) is 3.65. The van der Waals surface area contributed by atoms with Gasteiger partial charge in [-0.05, 0) is 11.1 Å². The quantitative estimate of drug-likeness (QED) is 0.760. The van der Waals surface area contributed by atoms with Gasteiger partial charge in [0.15, 0.2) is 0 Å². The molecule has 0 spiro atoms. The first-order chi connectivity index (χ1) is 11.0. The summed E-state index contributed by atoms with van der Waals surface area (Å²) in [5, 5.41) is 11.0. The zero-order valence-electron chi connectivity index (χ0n) is 12.3. The van der Waals surface area contributed by atoms with Gasteiger partial charge in [-0.3, -0.25) is 9.79 Å². The van der Waals surface area contributed by atoms with Crippen LogP contribution in [-0.4, -0.2) is 46.1 Å². The fourth-order valence-electron chi connectivity index (χ4n) is 2.09. The lowest BCUT2D eigenvalue weighted by Crippen LogP contribution is -2.45. The summed E-state index contributed by atoms with van der Waals surface area (Å²) >= 11 is 1.28. The van der Waals surface area contributed by atoms with Gasteiger partial charge in [-0.2, -0.15) is 0 Å². The molecule has 1 aliphatic rings. The summed E-state index contributed by atoms with van der Waals surface area (Å²) in [7, 11) is 0. The molecular weight excluding hydrogens is 316 g/mol. The Hall–Kier alpha value is -2.41. The van der Waals surface area contributed by atoms with Crippen molar-refractivity contribution in [2.75, 3.05) is 5.75 Å². The number of aliphatic imine (C=N–C) groups is 1. The van der Waals surface area contributed by atoms with E-state index in [9.17, 15) is 14.4 Å². The number of nitrogens with zero attached hydrogens (tertiary/aromatic N) is 1. The van der Waals surface area contributed by atoms with Crippen LogP contribution < -0.4 is 5.32 Å². The number of carboxylic acid groups (broad SMARTS) is 1.